The molecule has 1 aromatic heterocycles. The first-order valence-corrected chi connectivity index (χ1v) is 13.2. The Bertz CT molecular complexity index is 1190. The highest BCUT2D eigenvalue weighted by Gasteiger charge is 2.33. The van der Waals surface area contributed by atoms with Crippen molar-refractivity contribution in [3.05, 3.63) is 47.5 Å². The lowest BCUT2D eigenvalue weighted by atomic mass is 9.97. The van der Waals surface area contributed by atoms with Gasteiger partial charge in [0.2, 0.25) is 15.9 Å². The third-order valence-electron chi connectivity index (χ3n) is 5.09. The second kappa shape index (κ2) is 8.84. The van der Waals surface area contributed by atoms with Gasteiger partial charge in [-0.3, -0.25) is 4.79 Å². The van der Waals surface area contributed by atoms with E-state index in [0.717, 1.165) is 15.1 Å². The number of aromatic nitrogens is 1. The van der Waals surface area contributed by atoms with Crippen LogP contribution in [-0.2, 0) is 14.8 Å². The number of piperidine rings is 1. The van der Waals surface area contributed by atoms with Gasteiger partial charge in [-0.05, 0) is 49.4 Å². The van der Waals surface area contributed by atoms with Gasteiger partial charge in [-0.2, -0.15) is 4.31 Å². The molecule has 0 atom stereocenters. The van der Waals surface area contributed by atoms with E-state index in [0.29, 0.717) is 41.0 Å². The van der Waals surface area contributed by atoms with Gasteiger partial charge in [0.1, 0.15) is 0 Å². The van der Waals surface area contributed by atoms with Crippen LogP contribution in [0.1, 0.15) is 12.8 Å². The van der Waals surface area contributed by atoms with Crippen LogP contribution in [0, 0.1) is 5.92 Å². The number of nitrogens with zero attached hydrogens (tertiary/aromatic N) is 2. The quantitative estimate of drug-likeness (QED) is 0.534. The summed E-state index contributed by atoms with van der Waals surface area (Å²) in [6.45, 7) is 0.636. The largest absolute Gasteiger partial charge is 0.302 e. The summed E-state index contributed by atoms with van der Waals surface area (Å²) >= 11 is 8.79. The SMILES string of the molecule is CSc1ccccc1S(=O)(=O)N1CCC(C(=O)Nc2nc3ccc(Cl)cc3s2)CC1. The van der Waals surface area contributed by atoms with E-state index in [9.17, 15) is 13.2 Å². The molecular formula is C20H20ClN3O3S3. The molecule has 0 unspecified atom stereocenters. The van der Waals surface area contributed by atoms with E-state index in [1.54, 1.807) is 18.2 Å². The number of halogens is 1. The number of carbonyl (C=O) groups excluding carboxylic acids is 1. The van der Waals surface area contributed by atoms with Crippen molar-refractivity contribution in [3.63, 3.8) is 0 Å². The van der Waals surface area contributed by atoms with Gasteiger partial charge in [0.25, 0.3) is 0 Å². The van der Waals surface area contributed by atoms with Gasteiger partial charge in [0.05, 0.1) is 15.1 Å². The number of nitrogens with one attached hydrogen (secondary N) is 1. The van der Waals surface area contributed by atoms with Crippen LogP contribution in [0.5, 0.6) is 0 Å². The van der Waals surface area contributed by atoms with E-state index >= 15 is 0 Å². The maximum atomic E-state index is 13.1. The zero-order valence-corrected chi connectivity index (χ0v) is 19.4. The Kier molecular flexibility index (Phi) is 6.36. The van der Waals surface area contributed by atoms with Crippen LogP contribution in [-0.4, -0.2) is 43.0 Å². The second-order valence-corrected chi connectivity index (χ2v) is 11.2. The lowest BCUT2D eigenvalue weighted by molar-refractivity contribution is -0.120. The monoisotopic (exact) mass is 481 g/mol. The maximum Gasteiger partial charge on any atom is 0.244 e. The minimum Gasteiger partial charge on any atom is -0.302 e. The van der Waals surface area contributed by atoms with Crippen LogP contribution in [0.4, 0.5) is 5.13 Å². The molecule has 6 nitrogen and oxygen atoms in total. The van der Waals surface area contributed by atoms with Crippen molar-refractivity contribution >= 4 is 66.0 Å². The highest BCUT2D eigenvalue weighted by Crippen LogP contribution is 2.31. The van der Waals surface area contributed by atoms with Crippen LogP contribution < -0.4 is 5.32 Å². The van der Waals surface area contributed by atoms with E-state index in [2.05, 4.69) is 10.3 Å². The fourth-order valence-corrected chi connectivity index (χ4v) is 7.23. The van der Waals surface area contributed by atoms with Gasteiger partial charge in [0, 0.05) is 28.9 Å². The predicted molar refractivity (Wildman–Crippen MR) is 123 cm³/mol. The summed E-state index contributed by atoms with van der Waals surface area (Å²) in [6, 6.07) is 12.4. The molecule has 0 saturated carbocycles. The number of amides is 1. The molecule has 3 aromatic rings. The molecule has 2 aromatic carbocycles. The summed E-state index contributed by atoms with van der Waals surface area (Å²) < 4.78 is 28.5. The van der Waals surface area contributed by atoms with Gasteiger partial charge >= 0.3 is 0 Å². The molecule has 0 aliphatic carbocycles. The lowest BCUT2D eigenvalue weighted by Crippen LogP contribution is -2.41. The predicted octanol–water partition coefficient (Wildman–Crippen LogP) is 4.71. The Balaban J connectivity index is 1.41. The Labute approximate surface area is 188 Å². The van der Waals surface area contributed by atoms with E-state index in [1.807, 2.05) is 30.5 Å². The molecule has 158 valence electrons. The maximum absolute atomic E-state index is 13.1. The van der Waals surface area contributed by atoms with E-state index in [1.165, 1.54) is 27.4 Å². The Morgan fingerprint density at radius 3 is 2.70 bits per heavy atom. The molecule has 30 heavy (non-hydrogen) atoms. The Morgan fingerprint density at radius 1 is 1.23 bits per heavy atom. The second-order valence-electron chi connectivity index (χ2n) is 6.95. The molecule has 0 bridgehead atoms. The Morgan fingerprint density at radius 2 is 1.97 bits per heavy atom. The molecule has 1 saturated heterocycles. The number of hydrogen-bond acceptors (Lipinski definition) is 6. The number of anilines is 1. The fourth-order valence-electron chi connectivity index (χ4n) is 3.49. The van der Waals surface area contributed by atoms with Gasteiger partial charge in [-0.1, -0.05) is 35.1 Å². The normalized spacial score (nSPS) is 16.1. The molecule has 0 spiro atoms. The Hall–Kier alpha value is -1.65. The summed E-state index contributed by atoms with van der Waals surface area (Å²) in [5, 5.41) is 4.03. The molecule has 10 heteroatoms. The number of fused-ring (bicyclic) bond motifs is 1. The van der Waals surface area contributed by atoms with E-state index < -0.39 is 10.0 Å². The molecule has 4 rings (SSSR count). The fraction of sp³-hybridized carbons (Fsp3) is 0.300. The molecule has 1 N–H and O–H groups in total. The number of benzene rings is 2. The van der Waals surface area contributed by atoms with Gasteiger partial charge in [0.15, 0.2) is 5.13 Å². The summed E-state index contributed by atoms with van der Waals surface area (Å²) in [6.07, 6.45) is 2.81. The number of rotatable bonds is 5. The van der Waals surface area contributed by atoms with Gasteiger partial charge in [-0.15, -0.1) is 11.8 Å². The van der Waals surface area contributed by atoms with Gasteiger partial charge < -0.3 is 5.32 Å². The average Bonchev–Trinajstić information content (AvgIpc) is 3.15. The first-order chi connectivity index (χ1) is 14.4. The van der Waals surface area contributed by atoms with Crippen molar-refractivity contribution in [3.8, 4) is 0 Å². The number of thioether (sulfide) groups is 1. The molecule has 0 radical (unpaired) electrons. The number of carbonyl (C=O) groups is 1. The van der Waals surface area contributed by atoms with Crippen LogP contribution in [0.3, 0.4) is 0 Å². The number of hydrogen-bond donors (Lipinski definition) is 1. The first kappa shape index (κ1) is 21.6. The first-order valence-electron chi connectivity index (χ1n) is 9.38. The molecular weight excluding hydrogens is 462 g/mol. The summed E-state index contributed by atoms with van der Waals surface area (Å²) in [4.78, 5) is 18.2. The molecule has 2 heterocycles. The van der Waals surface area contributed by atoms with Crippen molar-refractivity contribution in [1.29, 1.82) is 0 Å². The standard InChI is InChI=1S/C20H20ClN3O3S3/c1-28-16-4-2-3-5-18(16)30(26,27)24-10-8-13(9-11-24)19(25)23-20-22-15-7-6-14(21)12-17(15)29-20/h2-7,12-13H,8-11H2,1H3,(H,22,23,25). The zero-order chi connectivity index (χ0) is 21.3. The van der Waals surface area contributed by atoms with Crippen molar-refractivity contribution in [2.75, 3.05) is 24.7 Å². The number of thiazole rings is 1. The third kappa shape index (κ3) is 4.36. The summed E-state index contributed by atoms with van der Waals surface area (Å²) in [5.41, 5.74) is 0.785. The average molecular weight is 482 g/mol. The van der Waals surface area contributed by atoms with Crippen molar-refractivity contribution in [1.82, 2.24) is 9.29 Å². The lowest BCUT2D eigenvalue weighted by Gasteiger charge is -2.30. The van der Waals surface area contributed by atoms with Crippen molar-refractivity contribution < 1.29 is 13.2 Å². The highest BCUT2D eigenvalue weighted by molar-refractivity contribution is 7.99. The number of sulfonamides is 1. The van der Waals surface area contributed by atoms with Crippen LogP contribution >= 0.6 is 34.7 Å². The molecule has 1 aliphatic rings. The van der Waals surface area contributed by atoms with E-state index in [4.69, 9.17) is 11.6 Å². The van der Waals surface area contributed by atoms with Crippen LogP contribution in [0.2, 0.25) is 5.02 Å². The summed E-state index contributed by atoms with van der Waals surface area (Å²) in [5.74, 6) is -0.371. The highest BCUT2D eigenvalue weighted by atomic mass is 35.5. The third-order valence-corrected chi connectivity index (χ3v) is 9.14. The summed E-state index contributed by atoms with van der Waals surface area (Å²) in [7, 11) is -3.58. The molecule has 1 aliphatic heterocycles. The molecule has 1 fully saturated rings. The van der Waals surface area contributed by atoms with Gasteiger partial charge in [-0.25, -0.2) is 13.4 Å². The zero-order valence-electron chi connectivity index (χ0n) is 16.2. The molecule has 1 amide bonds. The topological polar surface area (TPSA) is 79.4 Å². The van der Waals surface area contributed by atoms with E-state index in [-0.39, 0.29) is 11.8 Å². The smallest absolute Gasteiger partial charge is 0.244 e. The van der Waals surface area contributed by atoms with Crippen molar-refractivity contribution in [2.45, 2.75) is 22.6 Å². The minimum atomic E-state index is -3.58. The van der Waals surface area contributed by atoms with Crippen molar-refractivity contribution in [2.24, 2.45) is 5.92 Å². The minimum absolute atomic E-state index is 0.123. The van der Waals surface area contributed by atoms with Crippen LogP contribution in [0.25, 0.3) is 10.2 Å². The van der Waals surface area contributed by atoms with Crippen LogP contribution in [0.15, 0.2) is 52.3 Å².